The van der Waals surface area contributed by atoms with Crippen LogP contribution in [0.1, 0.15) is 17.9 Å². The summed E-state index contributed by atoms with van der Waals surface area (Å²) in [4.78, 5) is 11.4. The molecular formula is C10H8N2O. The number of carbonyl (C=O) groups excluding carboxylic acids is 1. The van der Waals surface area contributed by atoms with Crippen molar-refractivity contribution in [2.45, 2.75) is 12.3 Å². The highest BCUT2D eigenvalue weighted by atomic mass is 16.2. The molecule has 1 amide bonds. The lowest BCUT2D eigenvalue weighted by molar-refractivity contribution is -0.116. The van der Waals surface area contributed by atoms with Crippen molar-refractivity contribution in [3.63, 3.8) is 0 Å². The van der Waals surface area contributed by atoms with Gasteiger partial charge in [-0.2, -0.15) is 5.26 Å². The van der Waals surface area contributed by atoms with E-state index in [1.165, 1.54) is 0 Å². The van der Waals surface area contributed by atoms with Crippen molar-refractivity contribution < 1.29 is 4.79 Å². The number of rotatable bonds is 1. The van der Waals surface area contributed by atoms with Crippen molar-refractivity contribution >= 4 is 11.6 Å². The zero-order valence-corrected chi connectivity index (χ0v) is 6.95. The first-order valence-corrected chi connectivity index (χ1v) is 4.09. The summed E-state index contributed by atoms with van der Waals surface area (Å²) in [6, 6.07) is 9.50. The van der Waals surface area contributed by atoms with Crippen LogP contribution >= 0.6 is 0 Å². The molecule has 13 heavy (non-hydrogen) atoms. The fraction of sp³-hybridized carbons (Fsp3) is 0.200. The summed E-state index contributed by atoms with van der Waals surface area (Å²) in [5.74, 6) is -0.344. The monoisotopic (exact) mass is 172 g/mol. The molecule has 0 saturated heterocycles. The van der Waals surface area contributed by atoms with E-state index in [0.717, 1.165) is 11.3 Å². The van der Waals surface area contributed by atoms with E-state index < -0.39 is 0 Å². The summed E-state index contributed by atoms with van der Waals surface area (Å²) in [6.07, 6.45) is 0.253. The van der Waals surface area contributed by atoms with Crippen LogP contribution in [0.5, 0.6) is 0 Å². The third-order valence-corrected chi connectivity index (χ3v) is 2.21. The number of nitrogens with one attached hydrogen (secondary N) is 1. The average Bonchev–Trinajstić information content (AvgIpc) is 2.44. The fourth-order valence-electron chi connectivity index (χ4n) is 1.57. The highest BCUT2D eigenvalue weighted by Crippen LogP contribution is 2.33. The third-order valence-electron chi connectivity index (χ3n) is 2.21. The van der Waals surface area contributed by atoms with Crippen LogP contribution in [0.4, 0.5) is 5.69 Å². The smallest absolute Gasteiger partial charge is 0.233 e. The first kappa shape index (κ1) is 7.81. The van der Waals surface area contributed by atoms with E-state index >= 15 is 0 Å². The average molecular weight is 172 g/mol. The molecule has 1 heterocycles. The summed E-state index contributed by atoms with van der Waals surface area (Å²) >= 11 is 0. The van der Waals surface area contributed by atoms with Crippen molar-refractivity contribution in [1.82, 2.24) is 0 Å². The molecule has 1 atom stereocenters. The first-order chi connectivity index (χ1) is 6.33. The van der Waals surface area contributed by atoms with Gasteiger partial charge in [-0.05, 0) is 11.6 Å². The van der Waals surface area contributed by atoms with Crippen molar-refractivity contribution in [2.75, 3.05) is 5.32 Å². The van der Waals surface area contributed by atoms with E-state index in [9.17, 15) is 4.79 Å². The van der Waals surface area contributed by atoms with Crippen molar-refractivity contribution in [1.29, 1.82) is 5.26 Å². The highest BCUT2D eigenvalue weighted by Gasteiger charge is 2.29. The van der Waals surface area contributed by atoms with Crippen LogP contribution in [0.3, 0.4) is 0 Å². The van der Waals surface area contributed by atoms with Gasteiger partial charge < -0.3 is 5.32 Å². The Morgan fingerprint density at radius 2 is 2.23 bits per heavy atom. The molecule has 0 aromatic heterocycles. The molecule has 0 spiro atoms. The maximum Gasteiger partial charge on any atom is 0.233 e. The van der Waals surface area contributed by atoms with E-state index in [2.05, 4.69) is 5.32 Å². The molecule has 0 fully saturated rings. The van der Waals surface area contributed by atoms with Gasteiger partial charge in [-0.3, -0.25) is 4.79 Å². The second kappa shape index (κ2) is 2.91. The van der Waals surface area contributed by atoms with E-state index in [4.69, 9.17) is 5.26 Å². The van der Waals surface area contributed by atoms with Gasteiger partial charge in [0.1, 0.15) is 0 Å². The van der Waals surface area contributed by atoms with Crippen LogP contribution in [0.2, 0.25) is 0 Å². The van der Waals surface area contributed by atoms with Gasteiger partial charge in [-0.15, -0.1) is 0 Å². The molecule has 1 aromatic carbocycles. The van der Waals surface area contributed by atoms with Crippen LogP contribution in [0.25, 0.3) is 0 Å². The molecule has 0 bridgehead atoms. The number of hydrogen-bond acceptors (Lipinski definition) is 2. The zero-order valence-electron chi connectivity index (χ0n) is 6.95. The molecule has 3 heteroatoms. The molecule has 2 rings (SSSR count). The van der Waals surface area contributed by atoms with Crippen LogP contribution in [0.15, 0.2) is 24.3 Å². The largest absolute Gasteiger partial charge is 0.325 e. The molecule has 1 aliphatic rings. The van der Waals surface area contributed by atoms with Crippen molar-refractivity contribution in [3.8, 4) is 6.07 Å². The van der Waals surface area contributed by atoms with E-state index in [1.54, 1.807) is 0 Å². The lowest BCUT2D eigenvalue weighted by atomic mass is 9.98. The van der Waals surface area contributed by atoms with E-state index in [0.29, 0.717) is 0 Å². The standard InChI is InChI=1S/C10H8N2O/c11-6-5-8-7-3-1-2-4-9(7)12-10(8)13/h1-4,8H,5H2,(H,12,13)/t8-/m0/s1. The second-order valence-corrected chi connectivity index (χ2v) is 2.99. The van der Waals surface area contributed by atoms with Crippen LogP contribution in [-0.4, -0.2) is 5.91 Å². The lowest BCUT2D eigenvalue weighted by Crippen LogP contribution is -2.11. The predicted octanol–water partition coefficient (Wildman–Crippen LogP) is 1.64. The van der Waals surface area contributed by atoms with E-state index in [-0.39, 0.29) is 18.2 Å². The third kappa shape index (κ3) is 1.17. The molecule has 0 unspecified atom stereocenters. The van der Waals surface area contributed by atoms with Crippen LogP contribution in [-0.2, 0) is 4.79 Å². The maximum atomic E-state index is 11.4. The topological polar surface area (TPSA) is 52.9 Å². The SMILES string of the molecule is N#CC[C@@H]1C(=O)Nc2ccccc21. The van der Waals surface area contributed by atoms with E-state index in [1.807, 2.05) is 30.3 Å². The number of benzene rings is 1. The maximum absolute atomic E-state index is 11.4. The highest BCUT2D eigenvalue weighted by molar-refractivity contribution is 6.02. The van der Waals surface area contributed by atoms with Gasteiger partial charge in [-0.25, -0.2) is 0 Å². The predicted molar refractivity (Wildman–Crippen MR) is 48.0 cm³/mol. The molecule has 0 saturated carbocycles. The van der Waals surface area contributed by atoms with Crippen molar-refractivity contribution in [3.05, 3.63) is 29.8 Å². The summed E-state index contributed by atoms with van der Waals surface area (Å²) in [5, 5.41) is 11.3. The minimum atomic E-state index is -0.277. The zero-order chi connectivity index (χ0) is 9.26. The molecule has 1 N–H and O–H groups in total. The lowest BCUT2D eigenvalue weighted by Gasteiger charge is -2.01. The number of carbonyl (C=O) groups is 1. The summed E-state index contributed by atoms with van der Waals surface area (Å²) < 4.78 is 0. The Kier molecular flexibility index (Phi) is 1.75. The first-order valence-electron chi connectivity index (χ1n) is 4.09. The number of fused-ring (bicyclic) bond motifs is 1. The summed E-state index contributed by atoms with van der Waals surface area (Å²) in [5.41, 5.74) is 1.78. The van der Waals surface area contributed by atoms with Gasteiger partial charge >= 0.3 is 0 Å². The van der Waals surface area contributed by atoms with Gasteiger partial charge in [-0.1, -0.05) is 18.2 Å². The minimum absolute atomic E-state index is 0.0669. The number of anilines is 1. The van der Waals surface area contributed by atoms with Gasteiger partial charge in [0, 0.05) is 5.69 Å². The molecule has 3 nitrogen and oxygen atoms in total. The van der Waals surface area contributed by atoms with Gasteiger partial charge in [0.2, 0.25) is 5.91 Å². The number of para-hydroxylation sites is 1. The normalized spacial score (nSPS) is 19.0. The number of hydrogen-bond donors (Lipinski definition) is 1. The minimum Gasteiger partial charge on any atom is -0.325 e. The molecule has 1 aliphatic heterocycles. The van der Waals surface area contributed by atoms with Gasteiger partial charge in [0.15, 0.2) is 0 Å². The Morgan fingerprint density at radius 1 is 1.46 bits per heavy atom. The van der Waals surface area contributed by atoms with Gasteiger partial charge in [0.25, 0.3) is 0 Å². The Hall–Kier alpha value is -1.82. The van der Waals surface area contributed by atoms with Gasteiger partial charge in [0.05, 0.1) is 18.4 Å². The summed E-state index contributed by atoms with van der Waals surface area (Å²) in [6.45, 7) is 0. The molecule has 1 aromatic rings. The molecule has 0 aliphatic carbocycles. The van der Waals surface area contributed by atoms with Crippen molar-refractivity contribution in [2.24, 2.45) is 0 Å². The number of nitriles is 1. The Morgan fingerprint density at radius 3 is 3.00 bits per heavy atom. The molecule has 64 valence electrons. The quantitative estimate of drug-likeness (QED) is 0.700. The fourth-order valence-corrected chi connectivity index (χ4v) is 1.57. The molecular weight excluding hydrogens is 164 g/mol. The summed E-state index contributed by atoms with van der Waals surface area (Å²) in [7, 11) is 0. The van der Waals surface area contributed by atoms with Crippen LogP contribution < -0.4 is 5.32 Å². The Bertz CT molecular complexity index is 392. The van der Waals surface area contributed by atoms with Crippen LogP contribution in [0, 0.1) is 11.3 Å². The number of nitrogens with zero attached hydrogens (tertiary/aromatic N) is 1. The second-order valence-electron chi connectivity index (χ2n) is 2.99. The Balaban J connectivity index is 2.42. The molecule has 0 radical (unpaired) electrons. The Labute approximate surface area is 76.0 Å². The number of amides is 1.